The maximum absolute atomic E-state index is 13.3. The van der Waals surface area contributed by atoms with Gasteiger partial charge in [-0.05, 0) is 68.3 Å². The molecule has 1 saturated carbocycles. The van der Waals surface area contributed by atoms with Crippen molar-refractivity contribution in [1.82, 2.24) is 9.88 Å². The highest BCUT2D eigenvalue weighted by Crippen LogP contribution is 2.28. The number of carbonyl (C=O) groups excluding carboxylic acids is 2. The molecular weight excluding hydrogens is 452 g/mol. The Labute approximate surface area is 201 Å². The second kappa shape index (κ2) is 10.1. The quantitative estimate of drug-likeness (QED) is 0.533. The van der Waals surface area contributed by atoms with E-state index in [2.05, 4.69) is 11.4 Å². The van der Waals surface area contributed by atoms with Gasteiger partial charge < -0.3 is 19.9 Å². The van der Waals surface area contributed by atoms with Crippen molar-refractivity contribution < 1.29 is 19.5 Å². The summed E-state index contributed by atoms with van der Waals surface area (Å²) in [6.45, 7) is 2.28. The number of amides is 2. The monoisotopic (exact) mass is 478 g/mol. The van der Waals surface area contributed by atoms with E-state index in [1.54, 1.807) is 39.8 Å². The number of rotatable bonds is 7. The van der Waals surface area contributed by atoms with E-state index in [4.69, 9.17) is 0 Å². The highest BCUT2D eigenvalue weighted by molar-refractivity contribution is 7.17. The summed E-state index contributed by atoms with van der Waals surface area (Å²) < 4.78 is 2.66. The van der Waals surface area contributed by atoms with Crippen LogP contribution in [0.15, 0.2) is 41.8 Å². The molecule has 0 atom stereocenters. The van der Waals surface area contributed by atoms with E-state index < -0.39 is 5.97 Å². The zero-order valence-corrected chi connectivity index (χ0v) is 19.7. The first-order chi connectivity index (χ1) is 16.4. The summed E-state index contributed by atoms with van der Waals surface area (Å²) in [4.78, 5) is 39.3. The third-order valence-electron chi connectivity index (χ3n) is 6.36. The molecule has 0 spiro atoms. The van der Waals surface area contributed by atoms with Crippen LogP contribution in [-0.4, -0.2) is 40.0 Å². The molecule has 2 aromatic heterocycles. The molecule has 1 aliphatic rings. The normalized spacial score (nSPS) is 17.8. The minimum Gasteiger partial charge on any atom is -0.481 e. The van der Waals surface area contributed by atoms with Crippen molar-refractivity contribution in [2.24, 2.45) is 5.92 Å². The smallest absolute Gasteiger partial charge is 0.306 e. The van der Waals surface area contributed by atoms with Gasteiger partial charge >= 0.3 is 5.97 Å². The Morgan fingerprint density at radius 2 is 1.97 bits per heavy atom. The lowest BCUT2D eigenvalue weighted by Gasteiger charge is -2.27. The maximum Gasteiger partial charge on any atom is 0.306 e. The van der Waals surface area contributed by atoms with Gasteiger partial charge in [0.2, 0.25) is 5.91 Å². The number of carboxylic acids is 1. The second-order valence-corrected chi connectivity index (χ2v) is 9.39. The molecule has 2 N–H and O–H groups in total. The van der Waals surface area contributed by atoms with Crippen molar-refractivity contribution in [2.45, 2.75) is 45.2 Å². The molecule has 34 heavy (non-hydrogen) atoms. The third-order valence-corrected chi connectivity index (χ3v) is 7.22. The lowest BCUT2D eigenvalue weighted by atomic mass is 9.86. The molecule has 0 unspecified atom stereocenters. The Bertz CT molecular complexity index is 1260. The van der Waals surface area contributed by atoms with Gasteiger partial charge in [-0.1, -0.05) is 6.07 Å². The van der Waals surface area contributed by atoms with Crippen LogP contribution in [-0.2, 0) is 16.1 Å². The summed E-state index contributed by atoms with van der Waals surface area (Å²) in [5.74, 6) is -1.57. The number of hydrogen-bond donors (Lipinski definition) is 2. The Kier molecular flexibility index (Phi) is 6.98. The number of nitrogens with zero attached hydrogens (tertiary/aromatic N) is 3. The van der Waals surface area contributed by atoms with Crippen LogP contribution in [0.2, 0.25) is 0 Å². The van der Waals surface area contributed by atoms with E-state index in [0.717, 1.165) is 10.2 Å². The molecule has 2 amide bonds. The van der Waals surface area contributed by atoms with E-state index in [1.807, 2.05) is 18.4 Å². The molecule has 9 heteroatoms. The van der Waals surface area contributed by atoms with Crippen LogP contribution < -0.4 is 10.2 Å². The molecule has 0 bridgehead atoms. The van der Waals surface area contributed by atoms with Gasteiger partial charge in [-0.2, -0.15) is 5.26 Å². The first-order valence-corrected chi connectivity index (χ1v) is 12.2. The maximum atomic E-state index is 13.3. The third kappa shape index (κ3) is 4.82. The van der Waals surface area contributed by atoms with E-state index in [9.17, 15) is 24.8 Å². The van der Waals surface area contributed by atoms with E-state index in [0.29, 0.717) is 49.2 Å². The molecule has 1 aliphatic carbocycles. The number of aliphatic carboxylic acids is 1. The van der Waals surface area contributed by atoms with Crippen molar-refractivity contribution in [3.63, 3.8) is 0 Å². The number of aromatic nitrogens is 1. The number of carboxylic acid groups (broad SMARTS) is 1. The van der Waals surface area contributed by atoms with Crippen molar-refractivity contribution in [3.8, 4) is 6.07 Å². The molecule has 1 fully saturated rings. The van der Waals surface area contributed by atoms with Crippen LogP contribution in [0.4, 0.5) is 5.69 Å². The Morgan fingerprint density at radius 3 is 2.65 bits per heavy atom. The standard InChI is InChI=1S/C25H26N4O4S/c1-2-28(19-5-3-4-16(12-19)14-26)23(30)15-29-20-10-11-34-22(20)13-21(29)24(31)27-18-8-6-17(7-9-18)25(32)33/h3-5,10-13,17-18H,2,6-9,15H2,1H3,(H,27,31)(H,32,33). The fourth-order valence-corrected chi connectivity index (χ4v) is 5.37. The van der Waals surface area contributed by atoms with Gasteiger partial charge in [0, 0.05) is 18.3 Å². The summed E-state index contributed by atoms with van der Waals surface area (Å²) in [5.41, 5.74) is 2.35. The topological polar surface area (TPSA) is 115 Å². The van der Waals surface area contributed by atoms with Crippen LogP contribution in [0, 0.1) is 17.2 Å². The van der Waals surface area contributed by atoms with Crippen LogP contribution >= 0.6 is 11.3 Å². The second-order valence-electron chi connectivity index (χ2n) is 8.45. The van der Waals surface area contributed by atoms with Gasteiger partial charge in [0.1, 0.15) is 12.2 Å². The molecule has 8 nitrogen and oxygen atoms in total. The summed E-state index contributed by atoms with van der Waals surface area (Å²) in [6.07, 6.45) is 2.33. The van der Waals surface area contributed by atoms with Crippen LogP contribution in [0.25, 0.3) is 10.2 Å². The molecule has 3 aromatic rings. The van der Waals surface area contributed by atoms with E-state index >= 15 is 0 Å². The summed E-state index contributed by atoms with van der Waals surface area (Å²) >= 11 is 1.50. The average Bonchev–Trinajstić information content (AvgIpc) is 3.43. The minimum atomic E-state index is -0.779. The molecule has 0 radical (unpaired) electrons. The summed E-state index contributed by atoms with van der Waals surface area (Å²) in [6, 6.07) is 12.6. The predicted molar refractivity (Wildman–Crippen MR) is 130 cm³/mol. The highest BCUT2D eigenvalue weighted by Gasteiger charge is 2.28. The van der Waals surface area contributed by atoms with Crippen LogP contribution in [0.3, 0.4) is 0 Å². The van der Waals surface area contributed by atoms with Crippen molar-refractivity contribution in [3.05, 3.63) is 53.0 Å². The molecule has 0 aliphatic heterocycles. The van der Waals surface area contributed by atoms with Crippen LogP contribution in [0.1, 0.15) is 48.7 Å². The van der Waals surface area contributed by atoms with Crippen molar-refractivity contribution in [2.75, 3.05) is 11.4 Å². The molecular formula is C25H26N4O4S. The first kappa shape index (κ1) is 23.5. The zero-order valence-electron chi connectivity index (χ0n) is 18.9. The number of fused-ring (bicyclic) bond motifs is 1. The van der Waals surface area contributed by atoms with Gasteiger partial charge in [-0.15, -0.1) is 11.3 Å². The number of carbonyl (C=O) groups is 3. The number of anilines is 1. The van der Waals surface area contributed by atoms with Gasteiger partial charge in [0.15, 0.2) is 0 Å². The number of likely N-dealkylation sites (N-methyl/N-ethyl adjacent to an activating group) is 1. The molecule has 1 aromatic carbocycles. The Hall–Kier alpha value is -3.64. The number of hydrogen-bond acceptors (Lipinski definition) is 5. The van der Waals surface area contributed by atoms with E-state index in [-0.39, 0.29) is 30.3 Å². The summed E-state index contributed by atoms with van der Waals surface area (Å²) in [7, 11) is 0. The first-order valence-electron chi connectivity index (χ1n) is 11.3. The molecule has 4 rings (SSSR count). The number of nitrogens with one attached hydrogen (secondary N) is 1. The lowest BCUT2D eigenvalue weighted by Crippen LogP contribution is -2.40. The lowest BCUT2D eigenvalue weighted by molar-refractivity contribution is -0.142. The molecule has 2 heterocycles. The van der Waals surface area contributed by atoms with Gasteiger partial charge in [0.05, 0.1) is 27.8 Å². The number of thiophene rings is 1. The molecule has 0 saturated heterocycles. The number of benzene rings is 1. The SMILES string of the molecule is CCN(C(=O)Cn1c(C(=O)NC2CCC(C(=O)O)CC2)cc2sccc21)c1cccc(C#N)c1. The fraction of sp³-hybridized carbons (Fsp3) is 0.360. The largest absolute Gasteiger partial charge is 0.481 e. The average molecular weight is 479 g/mol. The Balaban J connectivity index is 1.54. The van der Waals surface area contributed by atoms with E-state index in [1.165, 1.54) is 11.3 Å². The van der Waals surface area contributed by atoms with Crippen molar-refractivity contribution in [1.29, 1.82) is 5.26 Å². The summed E-state index contributed by atoms with van der Waals surface area (Å²) in [5, 5.41) is 23.4. The molecule has 176 valence electrons. The highest BCUT2D eigenvalue weighted by atomic mass is 32.1. The minimum absolute atomic E-state index is 0.0145. The Morgan fingerprint density at radius 1 is 1.21 bits per heavy atom. The van der Waals surface area contributed by atoms with Crippen LogP contribution in [0.5, 0.6) is 0 Å². The van der Waals surface area contributed by atoms with Gasteiger partial charge in [0.25, 0.3) is 5.91 Å². The van der Waals surface area contributed by atoms with Gasteiger partial charge in [-0.25, -0.2) is 0 Å². The van der Waals surface area contributed by atoms with Gasteiger partial charge in [-0.3, -0.25) is 14.4 Å². The fourth-order valence-electron chi connectivity index (χ4n) is 4.55. The predicted octanol–water partition coefficient (Wildman–Crippen LogP) is 4.00. The van der Waals surface area contributed by atoms with Crippen molar-refractivity contribution >= 4 is 45.0 Å². The number of nitriles is 1. The zero-order chi connectivity index (χ0) is 24.2.